The number of rotatable bonds is 6. The Labute approximate surface area is 157 Å². The van der Waals surface area contributed by atoms with Crippen LogP contribution in [0.2, 0.25) is 0 Å². The molecule has 0 aromatic carbocycles. The van der Waals surface area contributed by atoms with Gasteiger partial charge in [-0.05, 0) is 81.5 Å². The lowest BCUT2D eigenvalue weighted by atomic mass is 9.48. The molecule has 6 rings (SSSR count). The minimum Gasteiger partial charge on any atom is -0.352 e. The largest absolute Gasteiger partial charge is 0.352 e. The van der Waals surface area contributed by atoms with Crippen molar-refractivity contribution in [2.24, 2.45) is 23.2 Å². The smallest absolute Gasteiger partial charge is 0.344 e. The van der Waals surface area contributed by atoms with Crippen molar-refractivity contribution < 1.29 is 4.79 Å². The molecule has 1 aromatic rings. The van der Waals surface area contributed by atoms with Crippen molar-refractivity contribution >= 4 is 17.7 Å². The Morgan fingerprint density at radius 3 is 2.46 bits per heavy atom. The predicted molar refractivity (Wildman–Crippen MR) is 100 cm³/mol. The molecule has 4 bridgehead atoms. The maximum atomic E-state index is 12.6. The van der Waals surface area contributed by atoms with Gasteiger partial charge < -0.3 is 5.32 Å². The monoisotopic (exact) mass is 376 g/mol. The molecule has 0 radical (unpaired) electrons. The minimum atomic E-state index is -0.155. The zero-order valence-electron chi connectivity index (χ0n) is 15.4. The van der Waals surface area contributed by atoms with Gasteiger partial charge in [0.15, 0.2) is 5.16 Å². The van der Waals surface area contributed by atoms with Gasteiger partial charge in [-0.1, -0.05) is 11.8 Å². The second-order valence-corrected chi connectivity index (χ2v) is 10.2. The maximum Gasteiger partial charge on any atom is 0.344 e. The van der Waals surface area contributed by atoms with Crippen molar-refractivity contribution in [2.75, 3.05) is 5.75 Å². The van der Waals surface area contributed by atoms with Crippen molar-refractivity contribution in [3.63, 3.8) is 0 Å². The number of hydrogen-bond donors (Lipinski definition) is 2. The predicted octanol–water partition coefficient (Wildman–Crippen LogP) is 2.72. The number of nitrogens with one attached hydrogen (secondary N) is 2. The Morgan fingerprint density at radius 2 is 1.88 bits per heavy atom. The van der Waals surface area contributed by atoms with Gasteiger partial charge in [0.2, 0.25) is 5.91 Å². The topological polar surface area (TPSA) is 79.8 Å². The molecular formula is C19H28N4O2S. The van der Waals surface area contributed by atoms with Gasteiger partial charge in [0.05, 0.1) is 5.75 Å². The summed E-state index contributed by atoms with van der Waals surface area (Å²) in [6.45, 7) is 2.21. The molecule has 5 aliphatic rings. The first-order valence-electron chi connectivity index (χ1n) is 10.1. The summed E-state index contributed by atoms with van der Waals surface area (Å²) in [6.07, 6.45) is 10.2. The SMILES string of the molecule is C[C@@H](NC(=O)CSc1n[nH]c(=O)n1C1CC1)C12CC3CC(CC(C3)C1)C2. The molecular weight excluding hydrogens is 348 g/mol. The van der Waals surface area contributed by atoms with Crippen LogP contribution in [0.1, 0.15) is 64.3 Å². The average Bonchev–Trinajstić information content (AvgIpc) is 3.34. The fraction of sp³-hybridized carbons (Fsp3) is 0.842. The Balaban J connectivity index is 1.20. The molecule has 5 aliphatic carbocycles. The second-order valence-electron chi connectivity index (χ2n) is 9.27. The molecule has 0 aliphatic heterocycles. The number of aromatic nitrogens is 3. The summed E-state index contributed by atoms with van der Waals surface area (Å²) in [5.41, 5.74) is 0.176. The number of carbonyl (C=O) groups is 1. The van der Waals surface area contributed by atoms with Gasteiger partial charge in [-0.3, -0.25) is 9.36 Å². The van der Waals surface area contributed by atoms with E-state index >= 15 is 0 Å². The molecule has 0 saturated heterocycles. The van der Waals surface area contributed by atoms with Crippen LogP contribution in [0.15, 0.2) is 9.95 Å². The van der Waals surface area contributed by atoms with E-state index in [1.807, 2.05) is 0 Å². The zero-order valence-corrected chi connectivity index (χ0v) is 16.2. The van der Waals surface area contributed by atoms with Crippen molar-refractivity contribution in [3.05, 3.63) is 10.5 Å². The van der Waals surface area contributed by atoms with E-state index in [1.54, 1.807) is 4.57 Å². The summed E-state index contributed by atoms with van der Waals surface area (Å²) in [4.78, 5) is 24.4. The van der Waals surface area contributed by atoms with Crippen molar-refractivity contribution in [3.8, 4) is 0 Å². The third kappa shape index (κ3) is 2.92. The van der Waals surface area contributed by atoms with E-state index in [1.165, 1.54) is 50.3 Å². The van der Waals surface area contributed by atoms with E-state index in [9.17, 15) is 9.59 Å². The molecule has 6 nitrogen and oxygen atoms in total. The molecule has 7 heteroatoms. The van der Waals surface area contributed by atoms with Crippen LogP contribution in [-0.4, -0.2) is 32.5 Å². The van der Waals surface area contributed by atoms with Crippen LogP contribution >= 0.6 is 11.8 Å². The van der Waals surface area contributed by atoms with E-state index < -0.39 is 0 Å². The normalized spacial score (nSPS) is 36.3. The molecule has 142 valence electrons. The van der Waals surface area contributed by atoms with Gasteiger partial charge in [-0.25, -0.2) is 9.89 Å². The quantitative estimate of drug-likeness (QED) is 0.748. The molecule has 0 spiro atoms. The highest BCUT2D eigenvalue weighted by atomic mass is 32.2. The summed E-state index contributed by atoms with van der Waals surface area (Å²) in [5.74, 6) is 3.08. The van der Waals surface area contributed by atoms with E-state index in [4.69, 9.17) is 0 Å². The van der Waals surface area contributed by atoms with Crippen LogP contribution in [0.4, 0.5) is 0 Å². The van der Waals surface area contributed by atoms with Crippen molar-refractivity contribution in [1.29, 1.82) is 0 Å². The summed E-state index contributed by atoms with van der Waals surface area (Å²) in [6, 6.07) is 0.520. The van der Waals surface area contributed by atoms with Gasteiger partial charge in [0.1, 0.15) is 0 Å². The summed E-state index contributed by atoms with van der Waals surface area (Å²) in [7, 11) is 0. The van der Waals surface area contributed by atoms with Crippen LogP contribution in [-0.2, 0) is 4.79 Å². The van der Waals surface area contributed by atoms with Crippen molar-refractivity contribution in [1.82, 2.24) is 20.1 Å². The van der Waals surface area contributed by atoms with Crippen molar-refractivity contribution in [2.45, 2.75) is 75.5 Å². The second kappa shape index (κ2) is 6.14. The standard InChI is InChI=1S/C19H28N4O2S/c1-11(19-7-12-4-13(8-19)6-14(5-12)9-19)20-16(24)10-26-18-22-21-17(25)23(18)15-2-3-15/h11-15H,2-10H2,1H3,(H,20,24)(H,21,25)/t11-,12?,13?,14?,19?/m1/s1. The summed E-state index contributed by atoms with van der Waals surface area (Å²) < 4.78 is 1.71. The number of thioether (sulfide) groups is 1. The average molecular weight is 377 g/mol. The molecule has 5 saturated carbocycles. The Bertz CT molecular complexity index is 731. The highest BCUT2D eigenvalue weighted by molar-refractivity contribution is 7.99. The third-order valence-corrected chi connectivity index (χ3v) is 8.25. The fourth-order valence-corrected chi connectivity index (χ4v) is 7.15. The molecule has 1 amide bonds. The number of amides is 1. The van der Waals surface area contributed by atoms with Gasteiger partial charge in [-0.2, -0.15) is 0 Å². The van der Waals surface area contributed by atoms with Crippen LogP contribution in [0.25, 0.3) is 0 Å². The maximum absolute atomic E-state index is 12.6. The Kier molecular flexibility index (Phi) is 3.99. The van der Waals surface area contributed by atoms with E-state index in [2.05, 4.69) is 22.4 Å². The number of H-pyrrole nitrogens is 1. The van der Waals surface area contributed by atoms with Crippen LogP contribution in [0.3, 0.4) is 0 Å². The Hall–Kier alpha value is -1.24. The lowest BCUT2D eigenvalue weighted by Crippen LogP contribution is -2.56. The number of carbonyl (C=O) groups excluding carboxylic acids is 1. The van der Waals surface area contributed by atoms with E-state index in [0.717, 1.165) is 30.6 Å². The molecule has 2 N–H and O–H groups in total. The first-order chi connectivity index (χ1) is 12.5. The molecule has 5 fully saturated rings. The van der Waals surface area contributed by atoms with E-state index in [-0.39, 0.29) is 23.7 Å². The van der Waals surface area contributed by atoms with Gasteiger partial charge >= 0.3 is 5.69 Å². The highest BCUT2D eigenvalue weighted by Crippen LogP contribution is 2.61. The van der Waals surface area contributed by atoms with Crippen LogP contribution in [0.5, 0.6) is 0 Å². The molecule has 1 aromatic heterocycles. The molecule has 26 heavy (non-hydrogen) atoms. The summed E-state index contributed by atoms with van der Waals surface area (Å²) in [5, 5.41) is 10.5. The van der Waals surface area contributed by atoms with Crippen LogP contribution in [0, 0.1) is 23.2 Å². The van der Waals surface area contributed by atoms with Gasteiger partial charge in [-0.15, -0.1) is 5.10 Å². The molecule has 0 unspecified atom stereocenters. The minimum absolute atomic E-state index is 0.0658. The van der Waals surface area contributed by atoms with E-state index in [0.29, 0.717) is 16.3 Å². The number of aromatic amines is 1. The molecule has 1 heterocycles. The zero-order chi connectivity index (χ0) is 17.9. The first-order valence-corrected chi connectivity index (χ1v) is 11.1. The number of nitrogens with zero attached hydrogens (tertiary/aromatic N) is 2. The van der Waals surface area contributed by atoms with Crippen LogP contribution < -0.4 is 11.0 Å². The molecule has 1 atom stereocenters. The summed E-state index contributed by atoms with van der Waals surface area (Å²) >= 11 is 1.37. The fourth-order valence-electron chi connectivity index (χ4n) is 6.32. The number of hydrogen-bond acceptors (Lipinski definition) is 4. The highest BCUT2D eigenvalue weighted by Gasteiger charge is 2.53. The first kappa shape index (κ1) is 16.9. The van der Waals surface area contributed by atoms with Gasteiger partial charge in [0.25, 0.3) is 0 Å². The lowest BCUT2D eigenvalue weighted by Gasteiger charge is -2.59. The Morgan fingerprint density at radius 1 is 1.27 bits per heavy atom. The van der Waals surface area contributed by atoms with Gasteiger partial charge in [0, 0.05) is 12.1 Å². The lowest BCUT2D eigenvalue weighted by molar-refractivity contribution is -0.123. The third-order valence-electron chi connectivity index (χ3n) is 7.30.